The van der Waals surface area contributed by atoms with Crippen molar-refractivity contribution in [1.82, 2.24) is 5.32 Å². The highest BCUT2D eigenvalue weighted by Crippen LogP contribution is 2.06. The SMILES string of the molecule is C=CCCCCCNCC(C)(O)CC. The van der Waals surface area contributed by atoms with Gasteiger partial charge in [-0.15, -0.1) is 6.58 Å². The van der Waals surface area contributed by atoms with Crippen molar-refractivity contribution in [1.29, 1.82) is 0 Å². The van der Waals surface area contributed by atoms with E-state index in [1.165, 1.54) is 19.3 Å². The molecular formula is C12H25NO. The Morgan fingerprint density at radius 3 is 2.64 bits per heavy atom. The minimum Gasteiger partial charge on any atom is -0.389 e. The Hall–Kier alpha value is -0.340. The van der Waals surface area contributed by atoms with E-state index in [-0.39, 0.29) is 0 Å². The van der Waals surface area contributed by atoms with E-state index < -0.39 is 5.60 Å². The Labute approximate surface area is 88.4 Å². The fourth-order valence-electron chi connectivity index (χ4n) is 1.20. The van der Waals surface area contributed by atoms with E-state index in [1.54, 1.807) is 0 Å². The van der Waals surface area contributed by atoms with Crippen LogP contribution in [0.3, 0.4) is 0 Å². The van der Waals surface area contributed by atoms with Crippen molar-refractivity contribution in [2.24, 2.45) is 0 Å². The first-order chi connectivity index (χ1) is 6.62. The van der Waals surface area contributed by atoms with Crippen LogP contribution >= 0.6 is 0 Å². The minimum absolute atomic E-state index is 0.541. The van der Waals surface area contributed by atoms with Crippen LogP contribution in [0.25, 0.3) is 0 Å². The maximum Gasteiger partial charge on any atom is 0.0740 e. The van der Waals surface area contributed by atoms with Gasteiger partial charge in [-0.2, -0.15) is 0 Å². The molecule has 2 N–H and O–H groups in total. The molecule has 0 aromatic heterocycles. The van der Waals surface area contributed by atoms with Gasteiger partial charge in [-0.1, -0.05) is 19.4 Å². The lowest BCUT2D eigenvalue weighted by Gasteiger charge is -2.21. The van der Waals surface area contributed by atoms with E-state index >= 15 is 0 Å². The van der Waals surface area contributed by atoms with Gasteiger partial charge in [0.05, 0.1) is 5.60 Å². The highest BCUT2D eigenvalue weighted by Gasteiger charge is 2.15. The van der Waals surface area contributed by atoms with Crippen molar-refractivity contribution < 1.29 is 5.11 Å². The van der Waals surface area contributed by atoms with Crippen molar-refractivity contribution in [3.8, 4) is 0 Å². The fourth-order valence-corrected chi connectivity index (χ4v) is 1.20. The molecule has 0 amide bonds. The van der Waals surface area contributed by atoms with Gasteiger partial charge in [0, 0.05) is 6.54 Å². The van der Waals surface area contributed by atoms with Crippen LogP contribution in [0.4, 0.5) is 0 Å². The second-order valence-corrected chi connectivity index (χ2v) is 4.17. The molecule has 0 aliphatic carbocycles. The average Bonchev–Trinajstić information content (AvgIpc) is 2.16. The molecule has 0 aromatic rings. The van der Waals surface area contributed by atoms with E-state index in [2.05, 4.69) is 11.9 Å². The number of aliphatic hydroxyl groups is 1. The van der Waals surface area contributed by atoms with Crippen LogP contribution in [-0.2, 0) is 0 Å². The maximum atomic E-state index is 9.69. The van der Waals surface area contributed by atoms with Gasteiger partial charge in [-0.05, 0) is 39.2 Å². The zero-order valence-electron chi connectivity index (χ0n) is 9.68. The van der Waals surface area contributed by atoms with E-state index in [1.807, 2.05) is 19.9 Å². The second kappa shape index (κ2) is 8.01. The molecule has 0 saturated carbocycles. The molecule has 14 heavy (non-hydrogen) atoms. The third-order valence-electron chi connectivity index (χ3n) is 2.53. The highest BCUT2D eigenvalue weighted by atomic mass is 16.3. The molecule has 1 atom stereocenters. The Bertz CT molecular complexity index is 143. The minimum atomic E-state index is -0.541. The summed E-state index contributed by atoms with van der Waals surface area (Å²) in [5.41, 5.74) is -0.541. The summed E-state index contributed by atoms with van der Waals surface area (Å²) < 4.78 is 0. The zero-order valence-corrected chi connectivity index (χ0v) is 9.68. The van der Waals surface area contributed by atoms with Gasteiger partial charge < -0.3 is 10.4 Å². The van der Waals surface area contributed by atoms with Gasteiger partial charge in [-0.3, -0.25) is 0 Å². The number of hydrogen-bond acceptors (Lipinski definition) is 2. The molecule has 1 unspecified atom stereocenters. The molecule has 0 aliphatic rings. The monoisotopic (exact) mass is 199 g/mol. The van der Waals surface area contributed by atoms with E-state index in [0.717, 1.165) is 19.4 Å². The molecular weight excluding hydrogens is 174 g/mol. The first kappa shape index (κ1) is 13.7. The molecule has 84 valence electrons. The van der Waals surface area contributed by atoms with Crippen LogP contribution in [0.15, 0.2) is 12.7 Å². The predicted molar refractivity (Wildman–Crippen MR) is 62.4 cm³/mol. The van der Waals surface area contributed by atoms with Crippen LogP contribution in [0.2, 0.25) is 0 Å². The summed E-state index contributed by atoms with van der Waals surface area (Å²) in [5, 5.41) is 13.0. The summed E-state index contributed by atoms with van der Waals surface area (Å²) in [7, 11) is 0. The summed E-state index contributed by atoms with van der Waals surface area (Å²) in [6, 6.07) is 0. The average molecular weight is 199 g/mol. The van der Waals surface area contributed by atoms with Crippen LogP contribution in [0.5, 0.6) is 0 Å². The normalized spacial score (nSPS) is 15.1. The lowest BCUT2D eigenvalue weighted by molar-refractivity contribution is 0.0559. The molecule has 2 heteroatoms. The zero-order chi connectivity index (χ0) is 10.9. The molecule has 0 aromatic carbocycles. The number of nitrogens with one attached hydrogen (secondary N) is 1. The number of rotatable bonds is 9. The molecule has 0 rings (SSSR count). The van der Waals surface area contributed by atoms with Crippen molar-refractivity contribution in [3.63, 3.8) is 0 Å². The standard InChI is InChI=1S/C12H25NO/c1-4-6-7-8-9-10-13-11-12(3,14)5-2/h4,13-14H,1,5-11H2,2-3H3. The van der Waals surface area contributed by atoms with Gasteiger partial charge in [-0.25, -0.2) is 0 Å². The maximum absolute atomic E-state index is 9.69. The van der Waals surface area contributed by atoms with Gasteiger partial charge >= 0.3 is 0 Å². The lowest BCUT2D eigenvalue weighted by atomic mass is 10.0. The molecule has 2 nitrogen and oxygen atoms in total. The summed E-state index contributed by atoms with van der Waals surface area (Å²) in [4.78, 5) is 0. The Morgan fingerprint density at radius 1 is 1.36 bits per heavy atom. The van der Waals surface area contributed by atoms with Gasteiger partial charge in [0.2, 0.25) is 0 Å². The third-order valence-corrected chi connectivity index (χ3v) is 2.53. The van der Waals surface area contributed by atoms with Crippen LogP contribution in [0.1, 0.15) is 46.0 Å². The van der Waals surface area contributed by atoms with Gasteiger partial charge in [0.1, 0.15) is 0 Å². The molecule has 0 spiro atoms. The Kier molecular flexibility index (Phi) is 7.81. The van der Waals surface area contributed by atoms with Crippen molar-refractivity contribution >= 4 is 0 Å². The Balaban J connectivity index is 3.17. The van der Waals surface area contributed by atoms with Crippen LogP contribution in [-0.4, -0.2) is 23.8 Å². The molecule has 0 aliphatic heterocycles. The van der Waals surface area contributed by atoms with Gasteiger partial charge in [0.25, 0.3) is 0 Å². The fraction of sp³-hybridized carbons (Fsp3) is 0.833. The lowest BCUT2D eigenvalue weighted by Crippen LogP contribution is -2.37. The van der Waals surface area contributed by atoms with Crippen molar-refractivity contribution in [3.05, 3.63) is 12.7 Å². The topological polar surface area (TPSA) is 32.3 Å². The quantitative estimate of drug-likeness (QED) is 0.442. The first-order valence-corrected chi connectivity index (χ1v) is 5.66. The van der Waals surface area contributed by atoms with Crippen LogP contribution < -0.4 is 5.32 Å². The third kappa shape index (κ3) is 8.27. The summed E-state index contributed by atoms with van der Waals surface area (Å²) in [6.07, 6.45) is 7.55. The number of unbranched alkanes of at least 4 members (excludes halogenated alkanes) is 3. The molecule has 0 saturated heterocycles. The highest BCUT2D eigenvalue weighted by molar-refractivity contribution is 4.73. The van der Waals surface area contributed by atoms with Crippen LogP contribution in [0, 0.1) is 0 Å². The molecule has 0 fully saturated rings. The van der Waals surface area contributed by atoms with Gasteiger partial charge in [0.15, 0.2) is 0 Å². The van der Waals surface area contributed by atoms with Crippen molar-refractivity contribution in [2.75, 3.05) is 13.1 Å². The second-order valence-electron chi connectivity index (χ2n) is 4.17. The summed E-state index contributed by atoms with van der Waals surface area (Å²) >= 11 is 0. The van der Waals surface area contributed by atoms with E-state index in [9.17, 15) is 5.11 Å². The molecule has 0 heterocycles. The molecule has 0 radical (unpaired) electrons. The van der Waals surface area contributed by atoms with E-state index in [4.69, 9.17) is 0 Å². The summed E-state index contributed by atoms with van der Waals surface area (Å²) in [6.45, 7) is 9.27. The first-order valence-electron chi connectivity index (χ1n) is 5.66. The summed E-state index contributed by atoms with van der Waals surface area (Å²) in [5.74, 6) is 0. The van der Waals surface area contributed by atoms with E-state index in [0.29, 0.717) is 6.54 Å². The number of allylic oxidation sites excluding steroid dienone is 1. The smallest absolute Gasteiger partial charge is 0.0740 e. The van der Waals surface area contributed by atoms with Crippen molar-refractivity contribution in [2.45, 2.75) is 51.6 Å². The number of hydrogen-bond donors (Lipinski definition) is 2. The predicted octanol–water partition coefficient (Wildman–Crippen LogP) is 2.48. The Morgan fingerprint density at radius 2 is 2.07 bits per heavy atom. The molecule has 0 bridgehead atoms. The largest absolute Gasteiger partial charge is 0.389 e.